The van der Waals surface area contributed by atoms with E-state index in [1.807, 2.05) is 28.8 Å². The third-order valence-electron chi connectivity index (χ3n) is 5.02. The predicted octanol–water partition coefficient (Wildman–Crippen LogP) is 5.47. The van der Waals surface area contributed by atoms with Crippen LogP contribution in [0.4, 0.5) is 9.18 Å². The van der Waals surface area contributed by atoms with E-state index in [9.17, 15) is 18.8 Å². The molecule has 6 nitrogen and oxygen atoms in total. The third-order valence-corrected chi connectivity index (χ3v) is 6.29. The maximum atomic E-state index is 14.4. The average molecular weight is 487 g/mol. The predicted molar refractivity (Wildman–Crippen MR) is 126 cm³/mol. The summed E-state index contributed by atoms with van der Waals surface area (Å²) in [6, 6.07) is 12.0. The minimum absolute atomic E-state index is 0.197. The van der Waals surface area contributed by atoms with Crippen molar-refractivity contribution >= 4 is 57.5 Å². The number of esters is 1. The van der Waals surface area contributed by atoms with Gasteiger partial charge >= 0.3 is 5.97 Å². The Labute approximate surface area is 198 Å². The number of ether oxygens (including phenoxy) is 1. The molecule has 0 radical (unpaired) electrons. The number of aromatic nitrogens is 1. The van der Waals surface area contributed by atoms with Crippen molar-refractivity contribution in [3.63, 3.8) is 0 Å². The van der Waals surface area contributed by atoms with Crippen LogP contribution in [-0.2, 0) is 20.9 Å². The Morgan fingerprint density at radius 3 is 2.67 bits per heavy atom. The van der Waals surface area contributed by atoms with Gasteiger partial charge in [0.25, 0.3) is 11.1 Å². The van der Waals surface area contributed by atoms with E-state index >= 15 is 0 Å². The molecular formula is C24H20ClFN2O4S. The topological polar surface area (TPSA) is 68.6 Å². The monoisotopic (exact) mass is 486 g/mol. The second-order valence-corrected chi connectivity index (χ2v) is 9.14. The lowest BCUT2D eigenvalue weighted by molar-refractivity contribution is -0.149. The van der Waals surface area contributed by atoms with Gasteiger partial charge in [0.2, 0.25) is 0 Å². The van der Waals surface area contributed by atoms with E-state index in [1.165, 1.54) is 6.07 Å². The largest absolute Gasteiger partial charge is 0.462 e. The van der Waals surface area contributed by atoms with Gasteiger partial charge in [-0.15, -0.1) is 0 Å². The Morgan fingerprint density at radius 2 is 1.94 bits per heavy atom. The molecule has 0 bridgehead atoms. The molecule has 1 fully saturated rings. The molecule has 170 valence electrons. The van der Waals surface area contributed by atoms with Gasteiger partial charge in [-0.2, -0.15) is 0 Å². The number of halogens is 2. The van der Waals surface area contributed by atoms with Crippen LogP contribution in [0.25, 0.3) is 17.0 Å². The molecular weight excluding hydrogens is 467 g/mol. The molecule has 0 N–H and O–H groups in total. The van der Waals surface area contributed by atoms with Crippen molar-refractivity contribution in [2.24, 2.45) is 0 Å². The number of carbonyl (C=O) groups is 3. The number of imide groups is 1. The number of para-hydroxylation sites is 1. The number of thioether (sulfide) groups is 1. The highest BCUT2D eigenvalue weighted by Gasteiger charge is 2.37. The summed E-state index contributed by atoms with van der Waals surface area (Å²) in [4.78, 5) is 38.2. The fraction of sp³-hybridized carbons (Fsp3) is 0.208. The van der Waals surface area contributed by atoms with E-state index in [2.05, 4.69) is 0 Å². The molecule has 2 heterocycles. The first kappa shape index (κ1) is 23.1. The van der Waals surface area contributed by atoms with Gasteiger partial charge in [0.05, 0.1) is 17.6 Å². The minimum Gasteiger partial charge on any atom is -0.462 e. The molecule has 0 unspecified atom stereocenters. The van der Waals surface area contributed by atoms with Crippen molar-refractivity contribution in [3.8, 4) is 0 Å². The van der Waals surface area contributed by atoms with E-state index in [1.54, 1.807) is 38.3 Å². The highest BCUT2D eigenvalue weighted by Crippen LogP contribution is 2.34. The molecule has 1 aromatic heterocycles. The fourth-order valence-electron chi connectivity index (χ4n) is 3.58. The second kappa shape index (κ2) is 9.41. The highest BCUT2D eigenvalue weighted by atomic mass is 35.5. The lowest BCUT2D eigenvalue weighted by Crippen LogP contribution is -2.35. The number of nitrogens with zero attached hydrogens (tertiary/aromatic N) is 2. The van der Waals surface area contributed by atoms with Crippen molar-refractivity contribution < 1.29 is 23.5 Å². The van der Waals surface area contributed by atoms with Gasteiger partial charge in [-0.25, -0.2) is 4.39 Å². The molecule has 1 saturated heterocycles. The highest BCUT2D eigenvalue weighted by molar-refractivity contribution is 8.18. The van der Waals surface area contributed by atoms with Gasteiger partial charge in [0.15, 0.2) is 0 Å². The van der Waals surface area contributed by atoms with Gasteiger partial charge < -0.3 is 9.30 Å². The normalized spacial score (nSPS) is 15.3. The Morgan fingerprint density at radius 1 is 1.18 bits per heavy atom. The van der Waals surface area contributed by atoms with Crippen LogP contribution in [0.2, 0.25) is 5.02 Å². The van der Waals surface area contributed by atoms with Gasteiger partial charge in [-0.05, 0) is 49.9 Å². The fourth-order valence-corrected chi connectivity index (χ4v) is 4.63. The molecule has 2 amide bonds. The summed E-state index contributed by atoms with van der Waals surface area (Å²) in [7, 11) is 0. The SMILES string of the molecule is CC(C)OC(=O)CN1C(=O)S/C(=C\c2cn(Cc3c(F)cccc3Cl)c3ccccc23)C1=O. The molecule has 3 aromatic rings. The summed E-state index contributed by atoms with van der Waals surface area (Å²) >= 11 is 6.97. The van der Waals surface area contributed by atoms with Crippen LogP contribution in [0.3, 0.4) is 0 Å². The van der Waals surface area contributed by atoms with E-state index in [-0.39, 0.29) is 17.6 Å². The average Bonchev–Trinajstić information content (AvgIpc) is 3.23. The lowest BCUT2D eigenvalue weighted by Gasteiger charge is -2.13. The van der Waals surface area contributed by atoms with Crippen LogP contribution in [0, 0.1) is 5.82 Å². The van der Waals surface area contributed by atoms with Crippen LogP contribution in [0.1, 0.15) is 25.0 Å². The number of carbonyl (C=O) groups excluding carboxylic acids is 3. The standard InChI is InChI=1S/C24H20ClFN2O4S/c1-14(2)32-22(29)13-28-23(30)21(33-24(28)31)10-15-11-27(20-9-4-3-6-16(15)20)12-17-18(25)7-5-8-19(17)26/h3-11,14H,12-13H2,1-2H3/b21-10-. The summed E-state index contributed by atoms with van der Waals surface area (Å²) < 4.78 is 21.2. The van der Waals surface area contributed by atoms with Crippen molar-refractivity contribution in [2.75, 3.05) is 6.54 Å². The first-order valence-corrected chi connectivity index (χ1v) is 11.4. The molecule has 0 saturated carbocycles. The zero-order valence-electron chi connectivity index (χ0n) is 17.9. The van der Waals surface area contributed by atoms with Crippen LogP contribution >= 0.6 is 23.4 Å². The lowest BCUT2D eigenvalue weighted by atomic mass is 10.1. The third kappa shape index (κ3) is 4.82. The zero-order valence-corrected chi connectivity index (χ0v) is 19.5. The quantitative estimate of drug-likeness (QED) is 0.341. The zero-order chi connectivity index (χ0) is 23.7. The summed E-state index contributed by atoms with van der Waals surface area (Å²) in [5, 5.41) is 0.619. The first-order chi connectivity index (χ1) is 15.7. The van der Waals surface area contributed by atoms with Crippen LogP contribution in [0.5, 0.6) is 0 Å². The Bertz CT molecular complexity index is 1280. The maximum absolute atomic E-state index is 14.4. The maximum Gasteiger partial charge on any atom is 0.326 e. The smallest absolute Gasteiger partial charge is 0.326 e. The number of benzene rings is 2. The molecule has 0 atom stereocenters. The van der Waals surface area contributed by atoms with Crippen LogP contribution in [0.15, 0.2) is 53.6 Å². The van der Waals surface area contributed by atoms with E-state index in [0.29, 0.717) is 16.1 Å². The second-order valence-electron chi connectivity index (χ2n) is 7.74. The molecule has 33 heavy (non-hydrogen) atoms. The minimum atomic E-state index is -0.646. The summed E-state index contributed by atoms with van der Waals surface area (Å²) in [5.41, 5.74) is 1.87. The van der Waals surface area contributed by atoms with Crippen LogP contribution < -0.4 is 0 Å². The first-order valence-electron chi connectivity index (χ1n) is 10.2. The van der Waals surface area contributed by atoms with Crippen molar-refractivity contribution in [1.29, 1.82) is 0 Å². The molecule has 9 heteroatoms. The molecule has 0 aliphatic carbocycles. The van der Waals surface area contributed by atoms with E-state index in [0.717, 1.165) is 27.6 Å². The number of hydrogen-bond acceptors (Lipinski definition) is 5. The van der Waals surface area contributed by atoms with Crippen LogP contribution in [-0.4, -0.2) is 39.2 Å². The summed E-state index contributed by atoms with van der Waals surface area (Å²) in [5.74, 6) is -1.61. The number of amides is 2. The van der Waals surface area contributed by atoms with E-state index < -0.39 is 29.5 Å². The summed E-state index contributed by atoms with van der Waals surface area (Å²) in [6.07, 6.45) is 3.05. The Hall–Kier alpha value is -3.10. The van der Waals surface area contributed by atoms with Gasteiger partial charge in [0, 0.05) is 33.2 Å². The summed E-state index contributed by atoms with van der Waals surface area (Å²) in [6.45, 7) is 3.14. The number of rotatable bonds is 6. The van der Waals surface area contributed by atoms with E-state index in [4.69, 9.17) is 16.3 Å². The molecule has 2 aromatic carbocycles. The molecule has 1 aliphatic rings. The van der Waals surface area contributed by atoms with Gasteiger partial charge in [0.1, 0.15) is 12.4 Å². The van der Waals surface area contributed by atoms with Gasteiger partial charge in [-0.3, -0.25) is 19.3 Å². The van der Waals surface area contributed by atoms with Crippen molar-refractivity contribution in [3.05, 3.63) is 75.5 Å². The Balaban J connectivity index is 1.66. The molecule has 1 aliphatic heterocycles. The Kier molecular flexibility index (Phi) is 6.58. The molecule has 0 spiro atoms. The van der Waals surface area contributed by atoms with Crippen molar-refractivity contribution in [1.82, 2.24) is 9.47 Å². The van der Waals surface area contributed by atoms with Gasteiger partial charge in [-0.1, -0.05) is 35.9 Å². The molecule has 4 rings (SSSR count). The van der Waals surface area contributed by atoms with Crippen molar-refractivity contribution in [2.45, 2.75) is 26.5 Å². The number of fused-ring (bicyclic) bond motifs is 1. The number of hydrogen-bond donors (Lipinski definition) is 0.